The summed E-state index contributed by atoms with van der Waals surface area (Å²) < 4.78 is 13.1. The van der Waals surface area contributed by atoms with Crippen LogP contribution in [0.25, 0.3) is 6.08 Å². The zero-order valence-corrected chi connectivity index (χ0v) is 8.33. The van der Waals surface area contributed by atoms with Crippen molar-refractivity contribution in [1.29, 1.82) is 0 Å². The van der Waals surface area contributed by atoms with Gasteiger partial charge in [-0.05, 0) is 18.2 Å². The van der Waals surface area contributed by atoms with E-state index in [-0.39, 0.29) is 11.7 Å². The minimum Gasteiger partial charge on any atom is -0.508 e. The number of phenols is 1. The van der Waals surface area contributed by atoms with Crippen LogP contribution in [0.2, 0.25) is 0 Å². The van der Waals surface area contributed by atoms with Gasteiger partial charge in [-0.25, -0.2) is 4.39 Å². The van der Waals surface area contributed by atoms with Gasteiger partial charge in [-0.1, -0.05) is 12.2 Å². The standard InChI is InChI=1S/C11H12FNO2/c1-8(14)13-6-2-3-9-7-10(15)4-5-11(9)12/h2-5,7,15H,6H2,1H3,(H,13,14). The van der Waals surface area contributed by atoms with Crippen LogP contribution in [0.3, 0.4) is 0 Å². The SMILES string of the molecule is CC(=O)NCC=Cc1cc(O)ccc1F. The lowest BCUT2D eigenvalue weighted by molar-refractivity contribution is -0.118. The van der Waals surface area contributed by atoms with E-state index in [1.165, 1.54) is 31.2 Å². The molecule has 0 aromatic heterocycles. The zero-order valence-electron chi connectivity index (χ0n) is 8.33. The number of aromatic hydroxyl groups is 1. The molecular weight excluding hydrogens is 197 g/mol. The van der Waals surface area contributed by atoms with Gasteiger partial charge in [-0.3, -0.25) is 4.79 Å². The average molecular weight is 209 g/mol. The fourth-order valence-corrected chi connectivity index (χ4v) is 1.05. The molecule has 0 unspecified atom stereocenters. The summed E-state index contributed by atoms with van der Waals surface area (Å²) in [6, 6.07) is 3.79. The Morgan fingerprint density at radius 2 is 2.33 bits per heavy atom. The molecule has 0 aliphatic carbocycles. The molecule has 0 fully saturated rings. The Hall–Kier alpha value is -1.84. The number of carbonyl (C=O) groups excluding carboxylic acids is 1. The number of amides is 1. The quantitative estimate of drug-likeness (QED) is 0.795. The highest BCUT2D eigenvalue weighted by molar-refractivity contribution is 5.73. The summed E-state index contributed by atoms with van der Waals surface area (Å²) in [7, 11) is 0. The van der Waals surface area contributed by atoms with Crippen molar-refractivity contribution in [2.75, 3.05) is 6.54 Å². The Kier molecular flexibility index (Phi) is 3.85. The molecule has 0 atom stereocenters. The number of phenolic OH excluding ortho intramolecular Hbond substituents is 1. The van der Waals surface area contributed by atoms with E-state index in [0.29, 0.717) is 12.1 Å². The minimum atomic E-state index is -0.410. The molecule has 0 spiro atoms. The first kappa shape index (κ1) is 11.2. The van der Waals surface area contributed by atoms with E-state index in [1.807, 2.05) is 0 Å². The Morgan fingerprint density at radius 3 is 3.00 bits per heavy atom. The van der Waals surface area contributed by atoms with Gasteiger partial charge in [0.15, 0.2) is 0 Å². The molecule has 15 heavy (non-hydrogen) atoms. The number of hydrogen-bond donors (Lipinski definition) is 2. The molecule has 3 nitrogen and oxygen atoms in total. The van der Waals surface area contributed by atoms with Crippen LogP contribution in [-0.2, 0) is 4.79 Å². The second-order valence-electron chi connectivity index (χ2n) is 3.05. The van der Waals surface area contributed by atoms with Crippen LogP contribution in [0.4, 0.5) is 4.39 Å². The Labute approximate surface area is 87.2 Å². The Morgan fingerprint density at radius 1 is 1.60 bits per heavy atom. The van der Waals surface area contributed by atoms with Crippen molar-refractivity contribution in [3.05, 3.63) is 35.7 Å². The van der Waals surface area contributed by atoms with Crippen LogP contribution in [0.15, 0.2) is 24.3 Å². The molecular formula is C11H12FNO2. The molecule has 0 saturated heterocycles. The number of halogens is 1. The predicted molar refractivity (Wildman–Crippen MR) is 55.8 cm³/mol. The Bertz CT molecular complexity index is 388. The molecule has 1 rings (SSSR count). The van der Waals surface area contributed by atoms with Crippen LogP contribution < -0.4 is 5.32 Å². The summed E-state index contributed by atoms with van der Waals surface area (Å²) in [5.74, 6) is -0.543. The van der Waals surface area contributed by atoms with E-state index in [9.17, 15) is 9.18 Å². The monoisotopic (exact) mass is 209 g/mol. The molecule has 4 heteroatoms. The second kappa shape index (κ2) is 5.14. The molecule has 0 radical (unpaired) electrons. The van der Waals surface area contributed by atoms with Crippen molar-refractivity contribution < 1.29 is 14.3 Å². The average Bonchev–Trinajstić information content (AvgIpc) is 2.17. The lowest BCUT2D eigenvalue weighted by atomic mass is 10.2. The van der Waals surface area contributed by atoms with Crippen LogP contribution in [0.5, 0.6) is 5.75 Å². The molecule has 0 bridgehead atoms. The van der Waals surface area contributed by atoms with Gasteiger partial charge in [0.2, 0.25) is 5.91 Å². The first-order valence-electron chi connectivity index (χ1n) is 4.49. The number of carbonyl (C=O) groups is 1. The number of rotatable bonds is 3. The molecule has 1 amide bonds. The van der Waals surface area contributed by atoms with Gasteiger partial charge in [0.25, 0.3) is 0 Å². The summed E-state index contributed by atoms with van der Waals surface area (Å²) >= 11 is 0. The van der Waals surface area contributed by atoms with Gasteiger partial charge in [0.05, 0.1) is 0 Å². The maximum absolute atomic E-state index is 13.1. The third-order valence-corrected chi connectivity index (χ3v) is 1.75. The lowest BCUT2D eigenvalue weighted by Gasteiger charge is -1.98. The van der Waals surface area contributed by atoms with Crippen molar-refractivity contribution in [2.45, 2.75) is 6.92 Å². The fraction of sp³-hybridized carbons (Fsp3) is 0.182. The summed E-state index contributed by atoms with van der Waals surface area (Å²) in [4.78, 5) is 10.5. The largest absolute Gasteiger partial charge is 0.508 e. The van der Waals surface area contributed by atoms with E-state index < -0.39 is 5.82 Å². The molecule has 0 saturated carbocycles. The predicted octanol–water partition coefficient (Wildman–Crippen LogP) is 1.68. The van der Waals surface area contributed by atoms with Crippen LogP contribution in [0, 0.1) is 5.82 Å². The van der Waals surface area contributed by atoms with Gasteiger partial charge >= 0.3 is 0 Å². The van der Waals surface area contributed by atoms with E-state index in [4.69, 9.17) is 5.11 Å². The molecule has 2 N–H and O–H groups in total. The van der Waals surface area contributed by atoms with Crippen molar-refractivity contribution in [3.63, 3.8) is 0 Å². The molecule has 0 aliphatic heterocycles. The maximum atomic E-state index is 13.1. The smallest absolute Gasteiger partial charge is 0.217 e. The highest BCUT2D eigenvalue weighted by Gasteiger charge is 1.98. The first-order valence-corrected chi connectivity index (χ1v) is 4.49. The van der Waals surface area contributed by atoms with E-state index in [2.05, 4.69) is 5.32 Å². The summed E-state index contributed by atoms with van der Waals surface area (Å²) in [5.41, 5.74) is 0.292. The van der Waals surface area contributed by atoms with Crippen molar-refractivity contribution in [2.24, 2.45) is 0 Å². The number of hydrogen-bond acceptors (Lipinski definition) is 2. The number of nitrogens with one attached hydrogen (secondary N) is 1. The summed E-state index contributed by atoms with van der Waals surface area (Å²) in [5, 5.41) is 11.7. The van der Waals surface area contributed by atoms with Gasteiger partial charge in [0.1, 0.15) is 11.6 Å². The second-order valence-corrected chi connectivity index (χ2v) is 3.05. The van der Waals surface area contributed by atoms with Crippen LogP contribution in [-0.4, -0.2) is 17.6 Å². The molecule has 80 valence electrons. The first-order chi connectivity index (χ1) is 7.09. The number of benzene rings is 1. The topological polar surface area (TPSA) is 49.3 Å². The fourth-order valence-electron chi connectivity index (χ4n) is 1.05. The molecule has 0 heterocycles. The van der Waals surface area contributed by atoms with Gasteiger partial charge < -0.3 is 10.4 Å². The molecule has 0 aliphatic rings. The van der Waals surface area contributed by atoms with E-state index >= 15 is 0 Å². The Balaban J connectivity index is 2.63. The van der Waals surface area contributed by atoms with Gasteiger partial charge in [-0.2, -0.15) is 0 Å². The van der Waals surface area contributed by atoms with Gasteiger partial charge in [-0.15, -0.1) is 0 Å². The molecule has 1 aromatic carbocycles. The van der Waals surface area contributed by atoms with Crippen molar-refractivity contribution in [3.8, 4) is 5.75 Å². The zero-order chi connectivity index (χ0) is 11.3. The molecule has 1 aromatic rings. The highest BCUT2D eigenvalue weighted by Crippen LogP contribution is 2.16. The van der Waals surface area contributed by atoms with Crippen molar-refractivity contribution in [1.82, 2.24) is 5.32 Å². The summed E-state index contributed by atoms with van der Waals surface area (Å²) in [6.45, 7) is 1.74. The van der Waals surface area contributed by atoms with E-state index in [1.54, 1.807) is 6.08 Å². The summed E-state index contributed by atoms with van der Waals surface area (Å²) in [6.07, 6.45) is 3.12. The highest BCUT2D eigenvalue weighted by atomic mass is 19.1. The van der Waals surface area contributed by atoms with Crippen molar-refractivity contribution >= 4 is 12.0 Å². The normalized spacial score (nSPS) is 10.5. The maximum Gasteiger partial charge on any atom is 0.217 e. The third kappa shape index (κ3) is 3.81. The van der Waals surface area contributed by atoms with Gasteiger partial charge in [0, 0.05) is 19.0 Å². The van der Waals surface area contributed by atoms with Crippen LogP contribution in [0.1, 0.15) is 12.5 Å². The lowest BCUT2D eigenvalue weighted by Crippen LogP contribution is -2.19. The van der Waals surface area contributed by atoms with E-state index in [0.717, 1.165) is 0 Å². The third-order valence-electron chi connectivity index (χ3n) is 1.75. The van der Waals surface area contributed by atoms with Crippen LogP contribution >= 0.6 is 0 Å². The minimum absolute atomic E-state index is 0.00979.